The number of benzene rings is 2. The Balaban J connectivity index is 1.51. The lowest BCUT2D eigenvalue weighted by Crippen LogP contribution is -2.21. The summed E-state index contributed by atoms with van der Waals surface area (Å²) in [7, 11) is 3.39. The van der Waals surface area contributed by atoms with E-state index < -0.39 is 0 Å². The van der Waals surface area contributed by atoms with Crippen molar-refractivity contribution in [1.29, 1.82) is 0 Å². The van der Waals surface area contributed by atoms with Gasteiger partial charge in [-0.15, -0.1) is 0 Å². The van der Waals surface area contributed by atoms with Crippen molar-refractivity contribution in [3.63, 3.8) is 0 Å². The molecule has 0 bridgehead atoms. The molecule has 30 heavy (non-hydrogen) atoms. The fraction of sp³-hybridized carbons (Fsp3) is 0.125. The monoisotopic (exact) mass is 401 g/mol. The zero-order chi connectivity index (χ0) is 21.3. The van der Waals surface area contributed by atoms with E-state index in [0.29, 0.717) is 17.9 Å². The largest absolute Gasteiger partial charge is 0.487 e. The number of nitrogens with one attached hydrogen (secondary N) is 1. The van der Waals surface area contributed by atoms with E-state index in [9.17, 15) is 9.59 Å². The van der Waals surface area contributed by atoms with Gasteiger partial charge in [0.2, 0.25) is 5.91 Å². The van der Waals surface area contributed by atoms with E-state index in [-0.39, 0.29) is 11.8 Å². The molecule has 3 aromatic rings. The summed E-state index contributed by atoms with van der Waals surface area (Å²) in [6.45, 7) is 0.400. The fourth-order valence-corrected chi connectivity index (χ4v) is 2.63. The highest BCUT2D eigenvalue weighted by Gasteiger charge is 2.07. The van der Waals surface area contributed by atoms with Crippen LogP contribution in [0.3, 0.4) is 0 Å². The van der Waals surface area contributed by atoms with Gasteiger partial charge in [-0.1, -0.05) is 18.2 Å². The Morgan fingerprint density at radius 2 is 1.73 bits per heavy atom. The van der Waals surface area contributed by atoms with E-state index in [1.807, 2.05) is 42.5 Å². The average Bonchev–Trinajstić information content (AvgIpc) is 2.77. The molecule has 0 aliphatic heterocycles. The first-order valence-corrected chi connectivity index (χ1v) is 9.45. The molecule has 2 aromatic carbocycles. The lowest BCUT2D eigenvalue weighted by Gasteiger charge is -2.10. The minimum absolute atomic E-state index is 0.0831. The van der Waals surface area contributed by atoms with Crippen molar-refractivity contribution in [3.8, 4) is 5.75 Å². The third kappa shape index (κ3) is 6.04. The number of aromatic nitrogens is 1. The van der Waals surface area contributed by atoms with Crippen molar-refractivity contribution in [2.45, 2.75) is 6.61 Å². The molecule has 2 amide bonds. The number of nitrogens with zero attached hydrogens (tertiary/aromatic N) is 2. The maximum absolute atomic E-state index is 12.1. The van der Waals surface area contributed by atoms with Crippen LogP contribution in [0.5, 0.6) is 5.75 Å². The van der Waals surface area contributed by atoms with E-state index >= 15 is 0 Å². The molecule has 0 saturated heterocycles. The van der Waals surface area contributed by atoms with Crippen LogP contribution in [0.1, 0.15) is 21.6 Å². The van der Waals surface area contributed by atoms with Crippen LogP contribution in [0.2, 0.25) is 0 Å². The highest BCUT2D eigenvalue weighted by molar-refractivity contribution is 6.02. The van der Waals surface area contributed by atoms with Gasteiger partial charge >= 0.3 is 0 Å². The lowest BCUT2D eigenvalue weighted by molar-refractivity contribution is -0.111. The average molecular weight is 401 g/mol. The van der Waals surface area contributed by atoms with Gasteiger partial charge in [0, 0.05) is 37.6 Å². The minimum atomic E-state index is -0.253. The topological polar surface area (TPSA) is 71.5 Å². The molecule has 0 aliphatic carbocycles. The van der Waals surface area contributed by atoms with Gasteiger partial charge in [0.1, 0.15) is 12.4 Å². The van der Waals surface area contributed by atoms with Gasteiger partial charge in [0.15, 0.2) is 0 Å². The van der Waals surface area contributed by atoms with Gasteiger partial charge in [-0.25, -0.2) is 0 Å². The third-order valence-electron chi connectivity index (χ3n) is 4.23. The molecule has 0 radical (unpaired) electrons. The summed E-state index contributed by atoms with van der Waals surface area (Å²) < 4.78 is 5.70. The normalized spacial score (nSPS) is 10.6. The number of hydrogen-bond acceptors (Lipinski definition) is 4. The second kappa shape index (κ2) is 10.0. The number of anilines is 1. The molecule has 1 heterocycles. The highest BCUT2D eigenvalue weighted by atomic mass is 16.5. The maximum Gasteiger partial charge on any atom is 0.253 e. The molecular weight excluding hydrogens is 378 g/mol. The van der Waals surface area contributed by atoms with Crippen LogP contribution < -0.4 is 10.1 Å². The van der Waals surface area contributed by atoms with Gasteiger partial charge in [0.25, 0.3) is 5.91 Å². The molecule has 0 aliphatic rings. The Morgan fingerprint density at radius 1 is 1.00 bits per heavy atom. The standard InChI is InChI=1S/C24H23N3O3/c1-27(2)24(29)19-9-11-20(12-10-19)26-23(28)15-8-18-6-13-22(14-7-18)30-17-21-5-3-4-16-25-21/h3-16H,17H2,1-2H3,(H,26,28)/b15-8+. The molecule has 0 fully saturated rings. The molecule has 0 spiro atoms. The van der Waals surface area contributed by atoms with E-state index in [1.54, 1.807) is 50.6 Å². The summed E-state index contributed by atoms with van der Waals surface area (Å²) in [5.41, 5.74) is 2.93. The van der Waals surface area contributed by atoms with Crippen molar-refractivity contribution in [1.82, 2.24) is 9.88 Å². The van der Waals surface area contributed by atoms with Crippen molar-refractivity contribution in [2.75, 3.05) is 19.4 Å². The predicted octanol–water partition coefficient (Wildman–Crippen LogP) is 4.01. The first-order valence-electron chi connectivity index (χ1n) is 9.45. The van der Waals surface area contributed by atoms with E-state index in [2.05, 4.69) is 10.3 Å². The fourth-order valence-electron chi connectivity index (χ4n) is 2.63. The molecule has 0 atom stereocenters. The maximum atomic E-state index is 12.1. The summed E-state index contributed by atoms with van der Waals surface area (Å²) in [6.07, 6.45) is 4.92. The minimum Gasteiger partial charge on any atom is -0.487 e. The van der Waals surface area contributed by atoms with E-state index in [0.717, 1.165) is 17.0 Å². The smallest absolute Gasteiger partial charge is 0.253 e. The molecule has 1 aromatic heterocycles. The summed E-state index contributed by atoms with van der Waals surface area (Å²) in [5, 5.41) is 2.78. The molecule has 6 heteroatoms. The van der Waals surface area contributed by atoms with Crippen molar-refractivity contribution in [2.24, 2.45) is 0 Å². The van der Waals surface area contributed by atoms with Gasteiger partial charge in [-0.3, -0.25) is 14.6 Å². The molecule has 0 unspecified atom stereocenters. The van der Waals surface area contributed by atoms with Gasteiger partial charge in [-0.2, -0.15) is 0 Å². The number of ether oxygens (including phenoxy) is 1. The Bertz CT molecular complexity index is 1010. The molecule has 152 valence electrons. The van der Waals surface area contributed by atoms with Crippen LogP contribution in [0, 0.1) is 0 Å². The van der Waals surface area contributed by atoms with Crippen LogP contribution in [0.4, 0.5) is 5.69 Å². The zero-order valence-corrected chi connectivity index (χ0v) is 16.9. The number of hydrogen-bond donors (Lipinski definition) is 1. The second-order valence-electron chi connectivity index (χ2n) is 6.78. The Morgan fingerprint density at radius 3 is 2.37 bits per heavy atom. The number of rotatable bonds is 7. The van der Waals surface area contributed by atoms with Crippen molar-refractivity contribution >= 4 is 23.6 Å². The van der Waals surface area contributed by atoms with Crippen LogP contribution in [-0.4, -0.2) is 35.8 Å². The Kier molecular flexibility index (Phi) is 6.95. The van der Waals surface area contributed by atoms with Gasteiger partial charge < -0.3 is 15.0 Å². The lowest BCUT2D eigenvalue weighted by atomic mass is 10.2. The highest BCUT2D eigenvalue weighted by Crippen LogP contribution is 2.15. The SMILES string of the molecule is CN(C)C(=O)c1ccc(NC(=O)/C=C/c2ccc(OCc3ccccn3)cc2)cc1. The summed E-state index contributed by atoms with van der Waals surface area (Å²) in [4.78, 5) is 29.7. The summed E-state index contributed by atoms with van der Waals surface area (Å²) in [5.74, 6) is 0.395. The van der Waals surface area contributed by atoms with Crippen LogP contribution in [-0.2, 0) is 11.4 Å². The van der Waals surface area contributed by atoms with Gasteiger partial charge in [0.05, 0.1) is 5.69 Å². The van der Waals surface area contributed by atoms with Crippen LogP contribution in [0.25, 0.3) is 6.08 Å². The second-order valence-corrected chi connectivity index (χ2v) is 6.78. The van der Waals surface area contributed by atoms with E-state index in [4.69, 9.17) is 4.74 Å². The summed E-state index contributed by atoms with van der Waals surface area (Å²) >= 11 is 0. The van der Waals surface area contributed by atoms with Gasteiger partial charge in [-0.05, 0) is 60.2 Å². The Hall–Kier alpha value is -3.93. The van der Waals surface area contributed by atoms with E-state index in [1.165, 1.54) is 11.0 Å². The molecule has 0 saturated carbocycles. The zero-order valence-electron chi connectivity index (χ0n) is 16.9. The first-order chi connectivity index (χ1) is 14.5. The molecule has 1 N–H and O–H groups in total. The molecule has 3 rings (SSSR count). The number of amides is 2. The van der Waals surface area contributed by atoms with Crippen molar-refractivity contribution < 1.29 is 14.3 Å². The predicted molar refractivity (Wildman–Crippen MR) is 117 cm³/mol. The quantitative estimate of drug-likeness (QED) is 0.607. The van der Waals surface area contributed by atoms with Crippen molar-refractivity contribution in [3.05, 3.63) is 95.8 Å². The molecule has 6 nitrogen and oxygen atoms in total. The summed E-state index contributed by atoms with van der Waals surface area (Å²) in [6, 6.07) is 19.9. The number of pyridine rings is 1. The first kappa shape index (κ1) is 20.8. The number of carbonyl (C=O) groups excluding carboxylic acids is 2. The molecular formula is C24H23N3O3. The Labute approximate surface area is 175 Å². The number of carbonyl (C=O) groups is 2. The third-order valence-corrected chi connectivity index (χ3v) is 4.23. The van der Waals surface area contributed by atoms with Crippen LogP contribution >= 0.6 is 0 Å². The van der Waals surface area contributed by atoms with Crippen LogP contribution in [0.15, 0.2) is 79.0 Å².